The minimum absolute atomic E-state index is 0.0291. The van der Waals surface area contributed by atoms with Gasteiger partial charge in [-0.05, 0) is 62.4 Å². The van der Waals surface area contributed by atoms with Crippen molar-refractivity contribution < 1.29 is 18.4 Å². The monoisotopic (exact) mass is 472 g/mol. The van der Waals surface area contributed by atoms with Crippen molar-refractivity contribution in [3.63, 3.8) is 0 Å². The molecule has 3 heterocycles. The fourth-order valence-electron chi connectivity index (χ4n) is 4.11. The second kappa shape index (κ2) is 9.65. The predicted octanol–water partition coefficient (Wildman–Crippen LogP) is 6.36. The number of thiophene rings is 1. The molecule has 172 valence electrons. The van der Waals surface area contributed by atoms with Gasteiger partial charge >= 0.3 is 0 Å². The number of carbonyl (C=O) groups is 2. The van der Waals surface area contributed by atoms with E-state index < -0.39 is 0 Å². The van der Waals surface area contributed by atoms with E-state index in [2.05, 4.69) is 10.3 Å². The van der Waals surface area contributed by atoms with E-state index in [-0.39, 0.29) is 11.7 Å². The van der Waals surface area contributed by atoms with Gasteiger partial charge in [0.15, 0.2) is 5.78 Å². The number of furan rings is 2. The van der Waals surface area contributed by atoms with Crippen molar-refractivity contribution >= 4 is 34.2 Å². The largest absolute Gasteiger partial charge is 0.467 e. The van der Waals surface area contributed by atoms with Gasteiger partial charge in [0.2, 0.25) is 0 Å². The second-order valence-electron chi connectivity index (χ2n) is 8.25. The van der Waals surface area contributed by atoms with Gasteiger partial charge in [-0.25, -0.2) is 4.99 Å². The number of fused-ring (bicyclic) bond motifs is 1. The first-order chi connectivity index (χ1) is 16.6. The lowest BCUT2D eigenvalue weighted by Crippen LogP contribution is -2.23. The van der Waals surface area contributed by atoms with Crippen LogP contribution in [0.2, 0.25) is 0 Å². The Labute approximate surface area is 201 Å². The van der Waals surface area contributed by atoms with Gasteiger partial charge in [-0.15, -0.1) is 11.3 Å². The summed E-state index contributed by atoms with van der Waals surface area (Å²) in [6.07, 6.45) is 7.34. The molecule has 0 fully saturated rings. The Morgan fingerprint density at radius 3 is 2.68 bits per heavy atom. The molecular weight excluding hydrogens is 448 g/mol. The Kier molecular flexibility index (Phi) is 6.27. The molecule has 5 rings (SSSR count). The molecule has 1 amide bonds. The van der Waals surface area contributed by atoms with Crippen LogP contribution in [0.3, 0.4) is 0 Å². The molecule has 0 unspecified atom stereocenters. The third-order valence-electron chi connectivity index (χ3n) is 5.89. The normalized spacial score (nSPS) is 13.2. The Balaban J connectivity index is 1.37. The SMILES string of the molecule is CC(=O)c1ccc(-c2ccc(C=Nc3sc4c(c3C(=O)NCc3ccco3)CCCC4)o2)cc1. The lowest BCUT2D eigenvalue weighted by molar-refractivity contribution is 0.0947. The zero-order valence-electron chi connectivity index (χ0n) is 18.8. The summed E-state index contributed by atoms with van der Waals surface area (Å²) >= 11 is 1.58. The molecule has 0 atom stereocenters. The van der Waals surface area contributed by atoms with Gasteiger partial charge in [-0.3, -0.25) is 9.59 Å². The molecule has 3 aromatic heterocycles. The number of Topliss-reactive ketones (excluding diaryl/α,β-unsaturated/α-hetero) is 1. The van der Waals surface area contributed by atoms with Gasteiger partial charge in [0, 0.05) is 16.0 Å². The van der Waals surface area contributed by atoms with Crippen LogP contribution in [0.25, 0.3) is 11.3 Å². The number of hydrogen-bond donors (Lipinski definition) is 1. The highest BCUT2D eigenvalue weighted by atomic mass is 32.1. The van der Waals surface area contributed by atoms with Crippen LogP contribution in [-0.4, -0.2) is 17.9 Å². The smallest absolute Gasteiger partial charge is 0.255 e. The summed E-state index contributed by atoms with van der Waals surface area (Å²) in [6, 6.07) is 14.7. The quantitative estimate of drug-likeness (QED) is 0.250. The van der Waals surface area contributed by atoms with Crippen LogP contribution in [0.4, 0.5) is 5.00 Å². The van der Waals surface area contributed by atoms with Crippen molar-refractivity contribution in [2.24, 2.45) is 4.99 Å². The number of benzene rings is 1. The Bertz CT molecular complexity index is 1340. The van der Waals surface area contributed by atoms with Crippen LogP contribution in [0, 0.1) is 0 Å². The van der Waals surface area contributed by atoms with E-state index in [0.717, 1.165) is 36.8 Å². The molecule has 1 aliphatic carbocycles. The summed E-state index contributed by atoms with van der Waals surface area (Å²) in [7, 11) is 0. The van der Waals surface area contributed by atoms with Crippen LogP contribution in [0.1, 0.15) is 62.4 Å². The van der Waals surface area contributed by atoms with E-state index in [1.807, 2.05) is 30.3 Å². The van der Waals surface area contributed by atoms with E-state index in [0.29, 0.717) is 40.0 Å². The molecule has 0 bridgehead atoms. The van der Waals surface area contributed by atoms with Gasteiger partial charge < -0.3 is 14.2 Å². The number of aryl methyl sites for hydroxylation is 1. The minimum Gasteiger partial charge on any atom is -0.467 e. The zero-order valence-corrected chi connectivity index (χ0v) is 19.6. The maximum absolute atomic E-state index is 13.1. The first-order valence-electron chi connectivity index (χ1n) is 11.3. The molecule has 6 nitrogen and oxygen atoms in total. The second-order valence-corrected chi connectivity index (χ2v) is 9.33. The highest BCUT2D eigenvalue weighted by Gasteiger charge is 2.25. The van der Waals surface area contributed by atoms with Crippen LogP contribution >= 0.6 is 11.3 Å². The fraction of sp³-hybridized carbons (Fsp3) is 0.222. The third kappa shape index (κ3) is 4.65. The molecule has 0 saturated heterocycles. The molecule has 1 aromatic carbocycles. The number of hydrogen-bond acceptors (Lipinski definition) is 6. The molecule has 0 radical (unpaired) electrons. The summed E-state index contributed by atoms with van der Waals surface area (Å²) in [5, 5.41) is 3.67. The molecule has 34 heavy (non-hydrogen) atoms. The number of carbonyl (C=O) groups excluding carboxylic acids is 2. The zero-order chi connectivity index (χ0) is 23.5. The van der Waals surface area contributed by atoms with Gasteiger partial charge in [0.05, 0.1) is 24.6 Å². The molecule has 1 aliphatic rings. The Morgan fingerprint density at radius 2 is 1.91 bits per heavy atom. The van der Waals surface area contributed by atoms with Crippen molar-refractivity contribution in [3.8, 4) is 11.3 Å². The highest BCUT2D eigenvalue weighted by Crippen LogP contribution is 2.40. The van der Waals surface area contributed by atoms with E-state index >= 15 is 0 Å². The van der Waals surface area contributed by atoms with Crippen LogP contribution < -0.4 is 5.32 Å². The Morgan fingerprint density at radius 1 is 1.09 bits per heavy atom. The lowest BCUT2D eigenvalue weighted by Gasteiger charge is -2.12. The number of rotatable bonds is 7. The Hall–Kier alpha value is -3.71. The van der Waals surface area contributed by atoms with Crippen LogP contribution in [0.5, 0.6) is 0 Å². The van der Waals surface area contributed by atoms with Gasteiger partial charge in [-0.1, -0.05) is 24.3 Å². The summed E-state index contributed by atoms with van der Waals surface area (Å²) in [6.45, 7) is 1.88. The number of ketones is 1. The van der Waals surface area contributed by atoms with E-state index in [1.54, 1.807) is 48.9 Å². The van der Waals surface area contributed by atoms with Crippen molar-refractivity contribution in [2.75, 3.05) is 0 Å². The number of amides is 1. The van der Waals surface area contributed by atoms with E-state index in [1.165, 1.54) is 4.88 Å². The number of nitrogens with zero attached hydrogens (tertiary/aromatic N) is 1. The summed E-state index contributed by atoms with van der Waals surface area (Å²) in [5.74, 6) is 1.90. The van der Waals surface area contributed by atoms with Crippen molar-refractivity contribution in [2.45, 2.75) is 39.2 Å². The highest BCUT2D eigenvalue weighted by molar-refractivity contribution is 7.16. The number of nitrogens with one attached hydrogen (secondary N) is 1. The molecule has 0 spiro atoms. The molecule has 1 N–H and O–H groups in total. The molecule has 7 heteroatoms. The van der Waals surface area contributed by atoms with E-state index in [9.17, 15) is 9.59 Å². The minimum atomic E-state index is -0.131. The summed E-state index contributed by atoms with van der Waals surface area (Å²) < 4.78 is 11.3. The maximum atomic E-state index is 13.1. The van der Waals surface area contributed by atoms with Crippen molar-refractivity contribution in [1.29, 1.82) is 0 Å². The van der Waals surface area contributed by atoms with Crippen LogP contribution in [-0.2, 0) is 19.4 Å². The first-order valence-corrected chi connectivity index (χ1v) is 12.1. The van der Waals surface area contributed by atoms with Crippen LogP contribution in [0.15, 0.2) is 68.6 Å². The van der Waals surface area contributed by atoms with Gasteiger partial charge in [0.1, 0.15) is 22.3 Å². The standard InChI is InChI=1S/C27H24N2O4S/c1-17(30)18-8-10-19(11-9-18)23-13-12-21(33-23)16-29-27-25(22-6-2-3-7-24(22)34-27)26(31)28-15-20-5-4-14-32-20/h4-5,8-14,16H,2-3,6-7,15H2,1H3,(H,28,31). The summed E-state index contributed by atoms with van der Waals surface area (Å²) in [5.41, 5.74) is 3.32. The van der Waals surface area contributed by atoms with E-state index in [4.69, 9.17) is 8.83 Å². The van der Waals surface area contributed by atoms with Crippen molar-refractivity contribution in [1.82, 2.24) is 5.32 Å². The third-order valence-corrected chi connectivity index (χ3v) is 7.09. The molecule has 0 saturated carbocycles. The molecular formula is C27H24N2O4S. The molecule has 4 aromatic rings. The maximum Gasteiger partial charge on any atom is 0.255 e. The fourth-order valence-corrected chi connectivity index (χ4v) is 5.34. The van der Waals surface area contributed by atoms with Gasteiger partial charge in [-0.2, -0.15) is 0 Å². The number of aliphatic imine (C=N–C) groups is 1. The van der Waals surface area contributed by atoms with Crippen molar-refractivity contribution in [3.05, 3.63) is 87.9 Å². The topological polar surface area (TPSA) is 84.8 Å². The molecule has 0 aliphatic heterocycles. The summed E-state index contributed by atoms with van der Waals surface area (Å²) in [4.78, 5) is 30.5. The average molecular weight is 473 g/mol. The predicted molar refractivity (Wildman–Crippen MR) is 132 cm³/mol. The van der Waals surface area contributed by atoms with Gasteiger partial charge in [0.25, 0.3) is 5.91 Å². The lowest BCUT2D eigenvalue weighted by atomic mass is 9.95. The first kappa shape index (κ1) is 22.1. The average Bonchev–Trinajstić information content (AvgIpc) is 3.61.